The Hall–Kier alpha value is 0.120. The Morgan fingerprint density at radius 3 is 2.62 bits per heavy atom. The molecule has 0 radical (unpaired) electrons. The van der Waals surface area contributed by atoms with E-state index in [4.69, 9.17) is 16.3 Å². The molecule has 5 nitrogen and oxygen atoms in total. The highest BCUT2D eigenvalue weighted by Gasteiger charge is 2.08. The Kier molecular flexibility index (Phi) is 9.25. The van der Waals surface area contributed by atoms with Gasteiger partial charge in [-0.15, -0.1) is 11.6 Å². The van der Waals surface area contributed by atoms with Crippen LogP contribution in [-0.2, 0) is 14.8 Å². The van der Waals surface area contributed by atoms with Crippen LogP contribution in [0.1, 0.15) is 6.42 Å². The lowest BCUT2D eigenvalue weighted by Gasteiger charge is -2.16. The predicted molar refractivity (Wildman–Crippen MR) is 66.5 cm³/mol. The largest absolute Gasteiger partial charge is 0.383 e. The summed E-state index contributed by atoms with van der Waals surface area (Å²) in [6, 6.07) is 0. The Morgan fingerprint density at radius 2 is 2.06 bits per heavy atom. The fraction of sp³-hybridized carbons (Fsp3) is 1.00. The molecule has 0 atom stereocenters. The van der Waals surface area contributed by atoms with E-state index in [2.05, 4.69) is 4.72 Å². The van der Waals surface area contributed by atoms with Crippen LogP contribution >= 0.6 is 11.6 Å². The summed E-state index contributed by atoms with van der Waals surface area (Å²) in [5.41, 5.74) is 0. The minimum atomic E-state index is -3.15. The molecule has 16 heavy (non-hydrogen) atoms. The van der Waals surface area contributed by atoms with E-state index in [-0.39, 0.29) is 5.75 Å². The van der Waals surface area contributed by atoms with Crippen LogP contribution in [0.3, 0.4) is 0 Å². The zero-order valence-electron chi connectivity index (χ0n) is 9.91. The van der Waals surface area contributed by atoms with Crippen molar-refractivity contribution in [1.29, 1.82) is 0 Å². The van der Waals surface area contributed by atoms with E-state index < -0.39 is 10.0 Å². The first-order valence-corrected chi connectivity index (χ1v) is 7.41. The summed E-state index contributed by atoms with van der Waals surface area (Å²) in [4.78, 5) is 2.01. The van der Waals surface area contributed by atoms with Gasteiger partial charge in [-0.1, -0.05) is 0 Å². The summed E-state index contributed by atoms with van der Waals surface area (Å²) in [6.45, 7) is 2.53. The maximum Gasteiger partial charge on any atom is 0.211 e. The highest BCUT2D eigenvalue weighted by Crippen LogP contribution is 1.92. The molecule has 0 aliphatic rings. The molecular weight excluding hydrogens is 252 g/mol. The number of hydrogen-bond donors (Lipinski definition) is 1. The first-order chi connectivity index (χ1) is 7.52. The van der Waals surface area contributed by atoms with Crippen molar-refractivity contribution in [3.63, 3.8) is 0 Å². The summed E-state index contributed by atoms with van der Waals surface area (Å²) < 4.78 is 30.2. The number of nitrogens with one attached hydrogen (secondary N) is 1. The summed E-state index contributed by atoms with van der Waals surface area (Å²) in [7, 11) is 0.412. The van der Waals surface area contributed by atoms with Crippen LogP contribution in [0.5, 0.6) is 0 Å². The average Bonchev–Trinajstić information content (AvgIpc) is 2.23. The van der Waals surface area contributed by atoms with E-state index in [0.29, 0.717) is 32.0 Å². The van der Waals surface area contributed by atoms with E-state index in [1.165, 1.54) is 0 Å². The van der Waals surface area contributed by atoms with Crippen LogP contribution in [0.2, 0.25) is 0 Å². The summed E-state index contributed by atoms with van der Waals surface area (Å²) in [6.07, 6.45) is 0.483. The molecule has 0 bridgehead atoms. The van der Waals surface area contributed by atoms with Gasteiger partial charge in [-0.05, 0) is 13.5 Å². The third-order valence-corrected chi connectivity index (χ3v) is 3.78. The van der Waals surface area contributed by atoms with Crippen molar-refractivity contribution in [3.05, 3.63) is 0 Å². The molecule has 7 heteroatoms. The van der Waals surface area contributed by atoms with Gasteiger partial charge in [0.15, 0.2) is 0 Å². The fourth-order valence-corrected chi connectivity index (χ4v) is 2.43. The monoisotopic (exact) mass is 272 g/mol. The average molecular weight is 273 g/mol. The van der Waals surface area contributed by atoms with Crippen molar-refractivity contribution in [1.82, 2.24) is 9.62 Å². The van der Waals surface area contributed by atoms with Crippen molar-refractivity contribution in [2.75, 3.05) is 52.0 Å². The second-order valence-electron chi connectivity index (χ2n) is 3.55. The smallest absolute Gasteiger partial charge is 0.211 e. The lowest BCUT2D eigenvalue weighted by atomic mass is 10.5. The fourth-order valence-electron chi connectivity index (χ4n) is 1.07. The van der Waals surface area contributed by atoms with E-state index in [9.17, 15) is 8.42 Å². The molecule has 98 valence electrons. The quantitative estimate of drug-likeness (QED) is 0.574. The summed E-state index contributed by atoms with van der Waals surface area (Å²) in [5.74, 6) is 0.465. The van der Waals surface area contributed by atoms with Gasteiger partial charge in [0.2, 0.25) is 10.0 Å². The third-order valence-electron chi connectivity index (χ3n) is 2.04. The number of nitrogens with zero attached hydrogens (tertiary/aromatic N) is 1. The number of hydrogen-bond acceptors (Lipinski definition) is 4. The maximum atomic E-state index is 11.4. The van der Waals surface area contributed by atoms with Gasteiger partial charge in [-0.2, -0.15) is 0 Å². The van der Waals surface area contributed by atoms with Crippen LogP contribution in [0.25, 0.3) is 0 Å². The van der Waals surface area contributed by atoms with Crippen LogP contribution < -0.4 is 4.72 Å². The molecule has 0 spiro atoms. The molecule has 1 N–H and O–H groups in total. The van der Waals surface area contributed by atoms with Crippen LogP contribution in [0.4, 0.5) is 0 Å². The Bertz CT molecular complexity index is 259. The van der Waals surface area contributed by atoms with Gasteiger partial charge in [0.05, 0.1) is 12.4 Å². The number of methoxy groups -OCH3 is 1. The van der Waals surface area contributed by atoms with Gasteiger partial charge >= 0.3 is 0 Å². The minimum Gasteiger partial charge on any atom is -0.383 e. The number of ether oxygens (including phenoxy) is 1. The Morgan fingerprint density at radius 1 is 1.38 bits per heavy atom. The van der Waals surface area contributed by atoms with Gasteiger partial charge in [-0.3, -0.25) is 0 Å². The molecule has 0 aliphatic carbocycles. The van der Waals surface area contributed by atoms with Gasteiger partial charge in [0, 0.05) is 32.6 Å². The standard InChI is InChI=1S/C9H21ClN2O3S/c1-12(7-8-15-2)6-5-11-16(13,14)9-3-4-10/h11H,3-9H2,1-2H3. The Labute approximate surface area is 103 Å². The first-order valence-electron chi connectivity index (χ1n) is 5.22. The highest BCUT2D eigenvalue weighted by molar-refractivity contribution is 7.89. The number of alkyl halides is 1. The van der Waals surface area contributed by atoms with Crippen LogP contribution in [-0.4, -0.2) is 65.3 Å². The van der Waals surface area contributed by atoms with Crippen molar-refractivity contribution in [2.24, 2.45) is 0 Å². The van der Waals surface area contributed by atoms with Gasteiger partial charge in [0.25, 0.3) is 0 Å². The molecular formula is C9H21ClN2O3S. The molecule has 0 saturated heterocycles. The lowest BCUT2D eigenvalue weighted by molar-refractivity contribution is 0.162. The van der Waals surface area contributed by atoms with E-state index in [1.54, 1.807) is 7.11 Å². The van der Waals surface area contributed by atoms with Gasteiger partial charge < -0.3 is 9.64 Å². The molecule has 0 amide bonds. The topological polar surface area (TPSA) is 58.6 Å². The van der Waals surface area contributed by atoms with E-state index >= 15 is 0 Å². The predicted octanol–water partition coefficient (Wildman–Crippen LogP) is 0.113. The molecule has 0 saturated carbocycles. The number of sulfonamides is 1. The van der Waals surface area contributed by atoms with Crippen molar-refractivity contribution < 1.29 is 13.2 Å². The zero-order valence-corrected chi connectivity index (χ0v) is 11.5. The molecule has 0 aliphatic heterocycles. The SMILES string of the molecule is COCCN(C)CCNS(=O)(=O)CCCCl. The molecule has 0 aromatic heterocycles. The minimum absolute atomic E-state index is 0.0955. The second kappa shape index (κ2) is 9.18. The Balaban J connectivity index is 3.63. The van der Waals surface area contributed by atoms with Crippen LogP contribution in [0.15, 0.2) is 0 Å². The normalized spacial score (nSPS) is 12.2. The van der Waals surface area contributed by atoms with Crippen molar-refractivity contribution in [2.45, 2.75) is 6.42 Å². The highest BCUT2D eigenvalue weighted by atomic mass is 35.5. The van der Waals surface area contributed by atoms with E-state index in [0.717, 1.165) is 6.54 Å². The lowest BCUT2D eigenvalue weighted by Crippen LogP contribution is -2.35. The number of halogens is 1. The second-order valence-corrected chi connectivity index (χ2v) is 5.86. The number of likely N-dealkylation sites (N-methyl/N-ethyl adjacent to an activating group) is 1. The summed E-state index contributed by atoms with van der Waals surface area (Å²) in [5, 5.41) is 0. The van der Waals surface area contributed by atoms with Crippen molar-refractivity contribution in [3.8, 4) is 0 Å². The summed E-state index contributed by atoms with van der Waals surface area (Å²) >= 11 is 5.43. The zero-order chi connectivity index (χ0) is 12.4. The molecule has 0 rings (SSSR count). The third kappa shape index (κ3) is 9.35. The molecule has 0 aromatic carbocycles. The van der Waals surface area contributed by atoms with Gasteiger partial charge in [0.1, 0.15) is 0 Å². The molecule has 0 heterocycles. The number of rotatable bonds is 10. The molecule has 0 fully saturated rings. The molecule has 0 unspecified atom stereocenters. The van der Waals surface area contributed by atoms with Crippen molar-refractivity contribution >= 4 is 21.6 Å². The van der Waals surface area contributed by atoms with Gasteiger partial charge in [-0.25, -0.2) is 13.1 Å². The maximum absolute atomic E-state index is 11.4. The van der Waals surface area contributed by atoms with Crippen LogP contribution in [0, 0.1) is 0 Å². The van der Waals surface area contributed by atoms with E-state index in [1.807, 2.05) is 11.9 Å². The molecule has 0 aromatic rings. The first kappa shape index (κ1) is 16.1.